The lowest BCUT2D eigenvalue weighted by molar-refractivity contribution is -0.205. The first-order valence-corrected chi connectivity index (χ1v) is 14.2. The van der Waals surface area contributed by atoms with Crippen LogP contribution in [0.25, 0.3) is 0 Å². The Labute approximate surface area is 204 Å². The van der Waals surface area contributed by atoms with Crippen molar-refractivity contribution in [1.82, 2.24) is 0 Å². The van der Waals surface area contributed by atoms with Crippen molar-refractivity contribution < 1.29 is 14.6 Å². The number of methoxy groups -OCH3 is 1. The van der Waals surface area contributed by atoms with Crippen LogP contribution in [-0.4, -0.2) is 30.7 Å². The van der Waals surface area contributed by atoms with Crippen molar-refractivity contribution in [3.63, 3.8) is 0 Å². The van der Waals surface area contributed by atoms with Gasteiger partial charge in [0, 0.05) is 18.9 Å². The summed E-state index contributed by atoms with van der Waals surface area (Å²) in [6.45, 7) is 14.4. The maximum atomic E-state index is 10.6. The summed E-state index contributed by atoms with van der Waals surface area (Å²) in [7, 11) is 1.72. The molecule has 0 bridgehead atoms. The fraction of sp³-hybridized carbons (Fsp3) is 0.933. The fourth-order valence-corrected chi connectivity index (χ4v) is 9.18. The normalized spacial score (nSPS) is 44.6. The van der Waals surface area contributed by atoms with Crippen LogP contribution < -0.4 is 0 Å². The van der Waals surface area contributed by atoms with Gasteiger partial charge in [0.05, 0.1) is 12.2 Å². The average molecular weight is 461 g/mol. The Morgan fingerprint density at radius 1 is 1.06 bits per heavy atom. The highest BCUT2D eigenvalue weighted by atomic mass is 16.7. The first kappa shape index (κ1) is 25.7. The third-order valence-corrected chi connectivity index (χ3v) is 11.0. The van der Waals surface area contributed by atoms with Crippen LogP contribution in [0, 0.1) is 46.3 Å². The van der Waals surface area contributed by atoms with E-state index in [1.54, 1.807) is 7.11 Å². The average Bonchev–Trinajstić information content (AvgIpc) is 3.11. The molecule has 4 aliphatic rings. The first-order valence-electron chi connectivity index (χ1n) is 14.2. The van der Waals surface area contributed by atoms with Crippen LogP contribution in [0.1, 0.15) is 106 Å². The lowest BCUT2D eigenvalue weighted by Crippen LogP contribution is -2.56. The summed E-state index contributed by atoms with van der Waals surface area (Å²) in [6, 6.07) is 0. The maximum absolute atomic E-state index is 10.6. The standard InChI is InChI=1S/C30H52O3/c1-19(2)9-8-10-20(3)25-13-14-26-24-12-11-22-17-23(31)18-28(33-21(4)32-7)30(22,6)27(24)15-16-29(25,26)5/h11,19-21,23-28,31H,8-10,12-18H2,1-7H3/t20-,21?,23-,24+,25-,26+,27+,28?,29-,30+/m1/s1. The predicted molar refractivity (Wildman–Crippen MR) is 136 cm³/mol. The van der Waals surface area contributed by atoms with Gasteiger partial charge in [-0.05, 0) is 86.4 Å². The van der Waals surface area contributed by atoms with Crippen LogP contribution in [-0.2, 0) is 9.47 Å². The number of rotatable bonds is 8. The highest BCUT2D eigenvalue weighted by Gasteiger charge is 2.61. The largest absolute Gasteiger partial charge is 0.393 e. The minimum atomic E-state index is -0.286. The molecule has 190 valence electrons. The van der Waals surface area contributed by atoms with Crippen LogP contribution in [0.2, 0.25) is 0 Å². The molecule has 0 radical (unpaired) electrons. The molecule has 0 saturated heterocycles. The molecular formula is C30H52O3. The lowest BCUT2D eigenvalue weighted by atomic mass is 9.46. The smallest absolute Gasteiger partial charge is 0.154 e. The number of hydrogen-bond acceptors (Lipinski definition) is 3. The van der Waals surface area contributed by atoms with Crippen molar-refractivity contribution in [2.24, 2.45) is 46.3 Å². The molecule has 0 aromatic carbocycles. The molecule has 3 nitrogen and oxygen atoms in total. The zero-order chi connectivity index (χ0) is 24.0. The van der Waals surface area contributed by atoms with Crippen LogP contribution >= 0.6 is 0 Å². The minimum absolute atomic E-state index is 0.0389. The molecule has 0 spiro atoms. The molecule has 10 atom stereocenters. The van der Waals surface area contributed by atoms with Gasteiger partial charge < -0.3 is 14.6 Å². The van der Waals surface area contributed by atoms with E-state index in [0.29, 0.717) is 11.3 Å². The van der Waals surface area contributed by atoms with Crippen molar-refractivity contribution >= 4 is 0 Å². The van der Waals surface area contributed by atoms with Gasteiger partial charge in [-0.2, -0.15) is 0 Å². The van der Waals surface area contributed by atoms with Crippen LogP contribution in [0.15, 0.2) is 11.6 Å². The number of hydrogen-bond donors (Lipinski definition) is 1. The molecular weight excluding hydrogens is 408 g/mol. The van der Waals surface area contributed by atoms with Crippen molar-refractivity contribution in [2.75, 3.05) is 7.11 Å². The van der Waals surface area contributed by atoms with Gasteiger partial charge in [0.1, 0.15) is 0 Å². The molecule has 3 fully saturated rings. The molecule has 1 N–H and O–H groups in total. The summed E-state index contributed by atoms with van der Waals surface area (Å²) in [4.78, 5) is 0. The topological polar surface area (TPSA) is 38.7 Å². The molecule has 0 aliphatic heterocycles. The van der Waals surface area contributed by atoms with Crippen molar-refractivity contribution in [3.8, 4) is 0 Å². The Hall–Kier alpha value is -0.380. The van der Waals surface area contributed by atoms with Gasteiger partial charge in [-0.15, -0.1) is 0 Å². The molecule has 0 aromatic rings. The first-order chi connectivity index (χ1) is 15.6. The van der Waals surface area contributed by atoms with E-state index in [-0.39, 0.29) is 23.9 Å². The number of ether oxygens (including phenoxy) is 2. The molecule has 0 aromatic heterocycles. The third kappa shape index (κ3) is 4.60. The SMILES string of the molecule is COC(C)OC1C[C@H](O)CC2=CC[C@H]3[C@@H]4CC[C@H]([C@H](C)CCCC(C)C)[C@@]4(C)CC[C@@H]3[C@]21C. The Balaban J connectivity index is 1.54. The fourth-order valence-electron chi connectivity index (χ4n) is 9.18. The summed E-state index contributed by atoms with van der Waals surface area (Å²) >= 11 is 0. The van der Waals surface area contributed by atoms with Crippen LogP contribution in [0.5, 0.6) is 0 Å². The van der Waals surface area contributed by atoms with E-state index in [1.165, 1.54) is 56.9 Å². The van der Waals surface area contributed by atoms with Gasteiger partial charge in [-0.1, -0.05) is 65.5 Å². The predicted octanol–water partition coefficient (Wildman–Crippen LogP) is 7.38. The molecule has 3 heteroatoms. The monoisotopic (exact) mass is 460 g/mol. The molecule has 2 unspecified atom stereocenters. The van der Waals surface area contributed by atoms with E-state index in [9.17, 15) is 5.11 Å². The van der Waals surface area contributed by atoms with Crippen LogP contribution in [0.3, 0.4) is 0 Å². The summed E-state index contributed by atoms with van der Waals surface area (Å²) in [5, 5.41) is 10.6. The Kier molecular flexibility index (Phi) is 7.74. The molecule has 4 aliphatic carbocycles. The van der Waals surface area contributed by atoms with Gasteiger partial charge in [0.25, 0.3) is 0 Å². The van der Waals surface area contributed by atoms with Crippen molar-refractivity contribution in [2.45, 2.75) is 124 Å². The number of aliphatic hydroxyl groups is 1. The van der Waals surface area contributed by atoms with Crippen LogP contribution in [0.4, 0.5) is 0 Å². The summed E-state index contributed by atoms with van der Waals surface area (Å²) in [6.07, 6.45) is 14.6. The van der Waals surface area contributed by atoms with Gasteiger partial charge in [0.15, 0.2) is 6.29 Å². The third-order valence-electron chi connectivity index (χ3n) is 11.0. The molecule has 0 amide bonds. The molecule has 3 saturated carbocycles. The molecule has 0 heterocycles. The highest BCUT2D eigenvalue weighted by Crippen LogP contribution is 2.67. The summed E-state index contributed by atoms with van der Waals surface area (Å²) < 4.78 is 12.0. The highest BCUT2D eigenvalue weighted by molar-refractivity contribution is 5.28. The van der Waals surface area contributed by atoms with E-state index in [1.807, 2.05) is 6.92 Å². The Morgan fingerprint density at radius 2 is 1.82 bits per heavy atom. The summed E-state index contributed by atoms with van der Waals surface area (Å²) in [5.41, 5.74) is 2.01. The van der Waals surface area contributed by atoms with E-state index in [2.05, 4.69) is 40.7 Å². The van der Waals surface area contributed by atoms with Gasteiger partial charge in [-0.3, -0.25) is 0 Å². The van der Waals surface area contributed by atoms with E-state index >= 15 is 0 Å². The number of fused-ring (bicyclic) bond motifs is 5. The summed E-state index contributed by atoms with van der Waals surface area (Å²) in [5.74, 6) is 4.85. The number of aliphatic hydroxyl groups excluding tert-OH is 1. The van der Waals surface area contributed by atoms with E-state index < -0.39 is 0 Å². The zero-order valence-electron chi connectivity index (χ0n) is 22.6. The van der Waals surface area contributed by atoms with Gasteiger partial charge in [-0.25, -0.2) is 0 Å². The maximum Gasteiger partial charge on any atom is 0.154 e. The zero-order valence-corrected chi connectivity index (χ0v) is 22.6. The quantitative estimate of drug-likeness (QED) is 0.303. The Morgan fingerprint density at radius 3 is 2.52 bits per heavy atom. The molecule has 4 rings (SSSR count). The van der Waals surface area contributed by atoms with Crippen molar-refractivity contribution in [1.29, 1.82) is 0 Å². The molecule has 33 heavy (non-hydrogen) atoms. The second-order valence-electron chi connectivity index (χ2n) is 13.2. The number of allylic oxidation sites excluding steroid dienone is 1. The minimum Gasteiger partial charge on any atom is -0.393 e. The van der Waals surface area contributed by atoms with Gasteiger partial charge in [0.2, 0.25) is 0 Å². The van der Waals surface area contributed by atoms with E-state index in [4.69, 9.17) is 9.47 Å². The van der Waals surface area contributed by atoms with E-state index in [0.717, 1.165) is 42.4 Å². The second kappa shape index (κ2) is 9.94. The van der Waals surface area contributed by atoms with Crippen molar-refractivity contribution in [3.05, 3.63) is 11.6 Å². The lowest BCUT2D eigenvalue weighted by Gasteiger charge is -2.60. The van der Waals surface area contributed by atoms with Gasteiger partial charge >= 0.3 is 0 Å². The Bertz CT molecular complexity index is 701. The second-order valence-corrected chi connectivity index (χ2v) is 13.2.